The van der Waals surface area contributed by atoms with Crippen LogP contribution in [0.2, 0.25) is 0 Å². The van der Waals surface area contributed by atoms with E-state index in [1.807, 2.05) is 20.2 Å². The number of nitrogens with zero attached hydrogens (tertiary/aromatic N) is 2. The standard InChI is InChI=1S/C17H20F3N5/c1-11-7-16(10-21,8-14(22-11)15-9-25(2)24-23-15)12-3-5-13(6-4-12)17(18,19)20/h3-6,9,11,14,22-24H,7-8H2,1-2H3/t11-,14-,16+/m0/s1. The van der Waals surface area contributed by atoms with Gasteiger partial charge in [0.1, 0.15) is 0 Å². The summed E-state index contributed by atoms with van der Waals surface area (Å²) in [4.78, 5) is 0. The minimum atomic E-state index is -4.38. The van der Waals surface area contributed by atoms with Crippen molar-refractivity contribution in [2.24, 2.45) is 0 Å². The number of halogens is 3. The quantitative estimate of drug-likeness (QED) is 0.764. The van der Waals surface area contributed by atoms with E-state index in [1.54, 1.807) is 5.01 Å². The average molecular weight is 351 g/mol. The smallest absolute Gasteiger partial charge is 0.306 e. The van der Waals surface area contributed by atoms with E-state index in [9.17, 15) is 18.4 Å². The number of benzene rings is 1. The first-order chi connectivity index (χ1) is 11.7. The Morgan fingerprint density at radius 3 is 2.44 bits per heavy atom. The summed E-state index contributed by atoms with van der Waals surface area (Å²) in [6.07, 6.45) is -1.46. The zero-order valence-corrected chi connectivity index (χ0v) is 14.0. The van der Waals surface area contributed by atoms with Crippen LogP contribution < -0.4 is 16.3 Å². The van der Waals surface area contributed by atoms with E-state index >= 15 is 0 Å². The minimum absolute atomic E-state index is 0.0503. The molecule has 0 unspecified atom stereocenters. The van der Waals surface area contributed by atoms with Crippen LogP contribution >= 0.6 is 0 Å². The normalized spacial score (nSPS) is 29.8. The van der Waals surface area contributed by atoms with Gasteiger partial charge >= 0.3 is 6.18 Å². The fraction of sp³-hybridized carbons (Fsp3) is 0.471. The molecule has 25 heavy (non-hydrogen) atoms. The lowest BCUT2D eigenvalue weighted by Crippen LogP contribution is -2.53. The number of hydrogen-bond acceptors (Lipinski definition) is 5. The lowest BCUT2D eigenvalue weighted by molar-refractivity contribution is -0.137. The Balaban J connectivity index is 1.91. The molecule has 0 spiro atoms. The molecule has 3 atom stereocenters. The summed E-state index contributed by atoms with van der Waals surface area (Å²) in [6.45, 7) is 1.98. The lowest BCUT2D eigenvalue weighted by atomic mass is 9.69. The van der Waals surface area contributed by atoms with E-state index in [0.717, 1.165) is 17.8 Å². The highest BCUT2D eigenvalue weighted by Gasteiger charge is 2.43. The molecule has 3 rings (SSSR count). The van der Waals surface area contributed by atoms with Gasteiger partial charge in [0.25, 0.3) is 0 Å². The molecule has 1 aromatic rings. The number of nitriles is 1. The number of hydrogen-bond donors (Lipinski definition) is 3. The molecule has 2 aliphatic rings. The maximum absolute atomic E-state index is 12.8. The molecule has 0 radical (unpaired) electrons. The molecule has 5 nitrogen and oxygen atoms in total. The van der Waals surface area contributed by atoms with Crippen molar-refractivity contribution < 1.29 is 13.2 Å². The molecular weight excluding hydrogens is 331 g/mol. The highest BCUT2D eigenvalue weighted by atomic mass is 19.4. The van der Waals surface area contributed by atoms with Crippen molar-refractivity contribution in [2.45, 2.75) is 43.4 Å². The number of hydrazine groups is 2. The topological polar surface area (TPSA) is 63.1 Å². The molecule has 0 bridgehead atoms. The van der Waals surface area contributed by atoms with Crippen LogP contribution in [0.4, 0.5) is 13.2 Å². The van der Waals surface area contributed by atoms with Crippen LogP contribution in [0, 0.1) is 11.3 Å². The molecule has 1 fully saturated rings. The molecule has 1 saturated heterocycles. The van der Waals surface area contributed by atoms with Gasteiger partial charge in [0, 0.05) is 19.3 Å². The number of rotatable bonds is 2. The highest BCUT2D eigenvalue weighted by Crippen LogP contribution is 2.39. The minimum Gasteiger partial charge on any atom is -0.306 e. The zero-order chi connectivity index (χ0) is 18.2. The van der Waals surface area contributed by atoms with E-state index in [0.29, 0.717) is 18.4 Å². The first-order valence-corrected chi connectivity index (χ1v) is 8.05. The molecule has 0 amide bonds. The van der Waals surface area contributed by atoms with E-state index in [4.69, 9.17) is 0 Å². The van der Waals surface area contributed by atoms with Crippen molar-refractivity contribution >= 4 is 0 Å². The van der Waals surface area contributed by atoms with Crippen molar-refractivity contribution in [3.05, 3.63) is 47.3 Å². The second-order valence-electron chi connectivity index (χ2n) is 6.73. The summed E-state index contributed by atoms with van der Waals surface area (Å²) in [6, 6.07) is 7.31. The Labute approximate surface area is 144 Å². The molecule has 1 aromatic carbocycles. The monoisotopic (exact) mass is 351 g/mol. The molecule has 2 aliphatic heterocycles. The van der Waals surface area contributed by atoms with Crippen LogP contribution in [0.25, 0.3) is 0 Å². The second kappa shape index (κ2) is 6.24. The molecule has 8 heteroatoms. The van der Waals surface area contributed by atoms with Gasteiger partial charge in [0.05, 0.1) is 28.8 Å². The van der Waals surface area contributed by atoms with Crippen molar-refractivity contribution in [3.8, 4) is 6.07 Å². The van der Waals surface area contributed by atoms with Crippen LogP contribution in [0.1, 0.15) is 30.9 Å². The molecule has 0 aliphatic carbocycles. The number of nitrogens with one attached hydrogen (secondary N) is 3. The van der Waals surface area contributed by atoms with Crippen LogP contribution in [0.3, 0.4) is 0 Å². The summed E-state index contributed by atoms with van der Waals surface area (Å²) in [7, 11) is 1.85. The largest absolute Gasteiger partial charge is 0.416 e. The van der Waals surface area contributed by atoms with Crippen molar-refractivity contribution in [2.75, 3.05) is 7.05 Å². The Bertz CT molecular complexity index is 706. The third-order valence-electron chi connectivity index (χ3n) is 4.76. The summed E-state index contributed by atoms with van der Waals surface area (Å²) < 4.78 is 38.4. The summed E-state index contributed by atoms with van der Waals surface area (Å²) >= 11 is 0. The van der Waals surface area contributed by atoms with Gasteiger partial charge in [-0.05, 0) is 37.5 Å². The Morgan fingerprint density at radius 2 is 1.92 bits per heavy atom. The SMILES string of the molecule is C[C@H]1C[C@@](C#N)(c2ccc(C(F)(F)F)cc2)C[C@@H](C2=CN(C)NN2)N1. The van der Waals surface area contributed by atoms with Gasteiger partial charge in [-0.1, -0.05) is 12.1 Å². The Kier molecular flexibility index (Phi) is 4.39. The fourth-order valence-corrected chi connectivity index (χ4v) is 3.59. The van der Waals surface area contributed by atoms with Gasteiger partial charge in [-0.25, -0.2) is 0 Å². The number of alkyl halides is 3. The van der Waals surface area contributed by atoms with E-state index in [1.165, 1.54) is 12.1 Å². The first-order valence-electron chi connectivity index (χ1n) is 8.05. The average Bonchev–Trinajstić information content (AvgIpc) is 3.00. The third kappa shape index (κ3) is 3.43. The maximum atomic E-state index is 12.8. The summed E-state index contributed by atoms with van der Waals surface area (Å²) in [5.74, 6) is 0. The summed E-state index contributed by atoms with van der Waals surface area (Å²) in [5.41, 5.74) is 5.99. The predicted octanol–water partition coefficient (Wildman–Crippen LogP) is 2.40. The molecule has 134 valence electrons. The maximum Gasteiger partial charge on any atom is 0.416 e. The zero-order valence-electron chi connectivity index (χ0n) is 14.0. The number of piperidine rings is 1. The lowest BCUT2D eigenvalue weighted by Gasteiger charge is -2.40. The van der Waals surface area contributed by atoms with Crippen LogP contribution in [-0.4, -0.2) is 24.1 Å². The van der Waals surface area contributed by atoms with Gasteiger partial charge in [-0.3, -0.25) is 5.01 Å². The van der Waals surface area contributed by atoms with E-state index in [2.05, 4.69) is 22.3 Å². The molecule has 3 N–H and O–H groups in total. The van der Waals surface area contributed by atoms with E-state index in [-0.39, 0.29) is 12.1 Å². The van der Waals surface area contributed by atoms with Gasteiger partial charge in [0.15, 0.2) is 0 Å². The van der Waals surface area contributed by atoms with Gasteiger partial charge < -0.3 is 10.7 Å². The Morgan fingerprint density at radius 1 is 1.24 bits per heavy atom. The van der Waals surface area contributed by atoms with Crippen LogP contribution in [0.15, 0.2) is 36.2 Å². The molecular formula is C17H20F3N5. The van der Waals surface area contributed by atoms with E-state index < -0.39 is 17.2 Å². The second-order valence-corrected chi connectivity index (χ2v) is 6.73. The highest BCUT2D eigenvalue weighted by molar-refractivity contribution is 5.38. The molecule has 2 heterocycles. The third-order valence-corrected chi connectivity index (χ3v) is 4.76. The first kappa shape index (κ1) is 17.6. The van der Waals surface area contributed by atoms with Crippen molar-refractivity contribution in [3.63, 3.8) is 0 Å². The van der Waals surface area contributed by atoms with Crippen LogP contribution in [-0.2, 0) is 11.6 Å². The fourth-order valence-electron chi connectivity index (χ4n) is 3.59. The molecule has 0 saturated carbocycles. The van der Waals surface area contributed by atoms with Crippen molar-refractivity contribution in [1.29, 1.82) is 5.26 Å². The summed E-state index contributed by atoms with van der Waals surface area (Å²) in [5, 5.41) is 15.1. The molecule has 0 aromatic heterocycles. The van der Waals surface area contributed by atoms with Gasteiger partial charge in [0.2, 0.25) is 0 Å². The Hall–Kier alpha value is -2.24. The van der Waals surface area contributed by atoms with Crippen molar-refractivity contribution in [1.82, 2.24) is 21.3 Å². The van der Waals surface area contributed by atoms with Crippen LogP contribution in [0.5, 0.6) is 0 Å². The predicted molar refractivity (Wildman–Crippen MR) is 86.5 cm³/mol. The van der Waals surface area contributed by atoms with Gasteiger partial charge in [-0.2, -0.15) is 18.4 Å². The van der Waals surface area contributed by atoms with Gasteiger partial charge in [-0.15, -0.1) is 5.53 Å².